The van der Waals surface area contributed by atoms with Gasteiger partial charge >= 0.3 is 5.97 Å². The fraction of sp³-hybridized carbons (Fsp3) is 0.190. The number of carbonyl (C=O) groups is 5. The largest absolute Gasteiger partial charge is 0.455 e. The fourth-order valence-electron chi connectivity index (χ4n) is 2.35. The summed E-state index contributed by atoms with van der Waals surface area (Å²) in [4.78, 5) is 59.0. The van der Waals surface area contributed by atoms with Gasteiger partial charge in [-0.05, 0) is 42.8 Å². The van der Waals surface area contributed by atoms with E-state index in [1.54, 1.807) is 42.5 Å². The van der Waals surface area contributed by atoms with E-state index in [2.05, 4.69) is 37.6 Å². The highest BCUT2D eigenvalue weighted by Crippen LogP contribution is 2.14. The van der Waals surface area contributed by atoms with E-state index in [0.717, 1.165) is 4.47 Å². The summed E-state index contributed by atoms with van der Waals surface area (Å²) in [5.41, 5.74) is 9.31. The molecular formula is C21H20BrClN4O6. The Hall–Kier alpha value is -3.44. The van der Waals surface area contributed by atoms with Crippen LogP contribution >= 0.6 is 27.5 Å². The normalized spacial score (nSPS) is 10.0. The van der Waals surface area contributed by atoms with Crippen LogP contribution in [-0.4, -0.2) is 36.2 Å². The van der Waals surface area contributed by atoms with Crippen LogP contribution in [0.25, 0.3) is 0 Å². The molecule has 0 bridgehead atoms. The number of benzene rings is 2. The average Bonchev–Trinajstić information content (AvgIpc) is 2.80. The molecule has 0 aromatic heterocycles. The Morgan fingerprint density at radius 1 is 0.788 bits per heavy atom. The first-order chi connectivity index (χ1) is 15.8. The smallest absolute Gasteiger partial charge is 0.306 e. The second-order valence-corrected chi connectivity index (χ2v) is 7.83. The molecule has 10 nitrogen and oxygen atoms in total. The Kier molecular flexibility index (Phi) is 10.3. The number of rotatable bonds is 8. The minimum absolute atomic E-state index is 0.0622. The summed E-state index contributed by atoms with van der Waals surface area (Å²) >= 11 is 9.15. The van der Waals surface area contributed by atoms with Crippen molar-refractivity contribution in [2.45, 2.75) is 19.3 Å². The van der Waals surface area contributed by atoms with Crippen LogP contribution in [0.2, 0.25) is 5.02 Å². The number of hydrogen-bond acceptors (Lipinski definition) is 6. The summed E-state index contributed by atoms with van der Waals surface area (Å²) in [6.45, 7) is -0.598. The third-order valence-electron chi connectivity index (χ3n) is 4.00. The van der Waals surface area contributed by atoms with Crippen LogP contribution in [0.5, 0.6) is 0 Å². The Morgan fingerprint density at radius 2 is 1.42 bits per heavy atom. The zero-order valence-corrected chi connectivity index (χ0v) is 19.5. The quantitative estimate of drug-likeness (QED) is 0.299. The number of amides is 4. The second kappa shape index (κ2) is 13.2. The highest BCUT2D eigenvalue weighted by atomic mass is 79.9. The fourth-order valence-corrected chi connectivity index (χ4v) is 2.84. The molecule has 0 aliphatic carbocycles. The summed E-state index contributed by atoms with van der Waals surface area (Å²) in [7, 11) is 0. The first-order valence-electron chi connectivity index (χ1n) is 9.60. The monoisotopic (exact) mass is 538 g/mol. The maximum Gasteiger partial charge on any atom is 0.306 e. The molecule has 0 aliphatic rings. The lowest BCUT2D eigenvalue weighted by Crippen LogP contribution is -2.43. The molecule has 0 radical (unpaired) electrons. The summed E-state index contributed by atoms with van der Waals surface area (Å²) in [6, 6.07) is 12.8. The molecule has 0 unspecified atom stereocenters. The number of hydrogen-bond donors (Lipinski definition) is 4. The van der Waals surface area contributed by atoms with Gasteiger partial charge < -0.3 is 4.74 Å². The van der Waals surface area contributed by atoms with Gasteiger partial charge in [0.25, 0.3) is 17.7 Å². The molecule has 33 heavy (non-hydrogen) atoms. The zero-order chi connectivity index (χ0) is 24.2. The third-order valence-corrected chi connectivity index (χ3v) is 4.86. The van der Waals surface area contributed by atoms with Crippen molar-refractivity contribution >= 4 is 57.1 Å². The number of esters is 1. The van der Waals surface area contributed by atoms with E-state index in [9.17, 15) is 24.0 Å². The highest BCUT2D eigenvalue weighted by Gasteiger charge is 2.13. The van der Waals surface area contributed by atoms with E-state index in [1.807, 2.05) is 0 Å². The average molecular weight is 540 g/mol. The third kappa shape index (κ3) is 9.29. The van der Waals surface area contributed by atoms with Crippen molar-refractivity contribution in [2.75, 3.05) is 6.61 Å². The van der Waals surface area contributed by atoms with Gasteiger partial charge in [0.15, 0.2) is 6.61 Å². The molecule has 0 saturated heterocycles. The Balaban J connectivity index is 1.58. The summed E-state index contributed by atoms with van der Waals surface area (Å²) in [5.74, 6) is -3.05. The van der Waals surface area contributed by atoms with Crippen LogP contribution in [0.1, 0.15) is 40.0 Å². The van der Waals surface area contributed by atoms with Crippen molar-refractivity contribution in [2.24, 2.45) is 0 Å². The van der Waals surface area contributed by atoms with Crippen LogP contribution in [0.4, 0.5) is 0 Å². The second-order valence-electron chi connectivity index (χ2n) is 6.51. The summed E-state index contributed by atoms with van der Waals surface area (Å²) < 4.78 is 5.58. The molecule has 4 N–H and O–H groups in total. The molecule has 0 saturated carbocycles. The van der Waals surface area contributed by atoms with Gasteiger partial charge in [-0.3, -0.25) is 45.7 Å². The number of ether oxygens (including phenoxy) is 1. The maximum atomic E-state index is 11.9. The van der Waals surface area contributed by atoms with E-state index < -0.39 is 36.2 Å². The molecular weight excluding hydrogens is 520 g/mol. The van der Waals surface area contributed by atoms with Crippen molar-refractivity contribution in [3.8, 4) is 0 Å². The van der Waals surface area contributed by atoms with Crippen molar-refractivity contribution < 1.29 is 28.7 Å². The van der Waals surface area contributed by atoms with Crippen molar-refractivity contribution in [1.29, 1.82) is 0 Å². The molecule has 4 amide bonds. The lowest BCUT2D eigenvalue weighted by atomic mass is 10.2. The van der Waals surface area contributed by atoms with Crippen LogP contribution < -0.4 is 21.7 Å². The van der Waals surface area contributed by atoms with E-state index in [4.69, 9.17) is 16.3 Å². The van der Waals surface area contributed by atoms with Crippen LogP contribution in [0.15, 0.2) is 53.0 Å². The van der Waals surface area contributed by atoms with Gasteiger partial charge in [-0.2, -0.15) is 0 Å². The molecule has 2 aromatic carbocycles. The lowest BCUT2D eigenvalue weighted by molar-refractivity contribution is -0.148. The number of carbonyl (C=O) groups excluding carboxylic acids is 5. The zero-order valence-electron chi connectivity index (χ0n) is 17.2. The summed E-state index contributed by atoms with van der Waals surface area (Å²) in [5, 5.41) is 0.240. The van der Waals surface area contributed by atoms with E-state index in [1.165, 1.54) is 6.07 Å². The molecule has 2 rings (SSSR count). The summed E-state index contributed by atoms with van der Waals surface area (Å²) in [6.07, 6.45) is -0.0493. The number of nitrogens with one attached hydrogen (secondary N) is 4. The maximum absolute atomic E-state index is 11.9. The predicted octanol–water partition coefficient (Wildman–Crippen LogP) is 2.04. The van der Waals surface area contributed by atoms with Gasteiger partial charge in [0.1, 0.15) is 0 Å². The first kappa shape index (κ1) is 25.8. The molecule has 12 heteroatoms. The van der Waals surface area contributed by atoms with Gasteiger partial charge in [-0.25, -0.2) is 0 Å². The van der Waals surface area contributed by atoms with Crippen LogP contribution in [-0.2, 0) is 19.1 Å². The Morgan fingerprint density at radius 3 is 2.12 bits per heavy atom. The van der Waals surface area contributed by atoms with Gasteiger partial charge in [-0.1, -0.05) is 39.7 Å². The SMILES string of the molecule is O=C(COC(=O)CCCC(=O)NNC(=O)c1ccccc1Cl)NNC(=O)c1ccc(Br)cc1. The molecule has 0 aliphatic heterocycles. The van der Waals surface area contributed by atoms with Crippen molar-refractivity contribution in [1.82, 2.24) is 21.7 Å². The van der Waals surface area contributed by atoms with E-state index in [-0.39, 0.29) is 29.8 Å². The highest BCUT2D eigenvalue weighted by molar-refractivity contribution is 9.10. The number of hydrazine groups is 2. The Bertz CT molecular complexity index is 1030. The predicted molar refractivity (Wildman–Crippen MR) is 122 cm³/mol. The van der Waals surface area contributed by atoms with Crippen molar-refractivity contribution in [3.05, 3.63) is 69.2 Å². The number of halogens is 2. The molecule has 174 valence electrons. The van der Waals surface area contributed by atoms with Gasteiger partial charge in [0.05, 0.1) is 10.6 Å². The topological polar surface area (TPSA) is 143 Å². The van der Waals surface area contributed by atoms with Gasteiger partial charge in [-0.15, -0.1) is 0 Å². The Labute approximate surface area is 202 Å². The van der Waals surface area contributed by atoms with Crippen molar-refractivity contribution in [3.63, 3.8) is 0 Å². The molecule has 0 atom stereocenters. The minimum Gasteiger partial charge on any atom is -0.455 e. The molecule has 0 heterocycles. The minimum atomic E-state index is -0.728. The van der Waals surface area contributed by atoms with E-state index in [0.29, 0.717) is 5.56 Å². The van der Waals surface area contributed by atoms with Gasteiger partial charge in [0, 0.05) is 22.9 Å². The van der Waals surface area contributed by atoms with Crippen LogP contribution in [0, 0.1) is 0 Å². The molecule has 0 spiro atoms. The van der Waals surface area contributed by atoms with Crippen LogP contribution in [0.3, 0.4) is 0 Å². The first-order valence-corrected chi connectivity index (χ1v) is 10.8. The molecule has 2 aromatic rings. The lowest BCUT2D eigenvalue weighted by Gasteiger charge is -2.09. The van der Waals surface area contributed by atoms with Gasteiger partial charge in [0.2, 0.25) is 5.91 Å². The van der Waals surface area contributed by atoms with E-state index >= 15 is 0 Å². The molecule has 0 fully saturated rings. The standard InChI is InChI=1S/C21H20BrClN4O6/c22-14-10-8-13(9-11-14)20(31)26-25-18(29)12-33-19(30)7-3-6-17(28)24-27-21(32)15-4-1-2-5-16(15)23/h1-2,4-5,8-11H,3,6-7,12H2,(H,24,28)(H,25,29)(H,26,31)(H,27,32).